The summed E-state index contributed by atoms with van der Waals surface area (Å²) in [5.74, 6) is 0.0515. The zero-order valence-electron chi connectivity index (χ0n) is 17.1. The van der Waals surface area contributed by atoms with Gasteiger partial charge in [0.2, 0.25) is 5.78 Å². The van der Waals surface area contributed by atoms with Crippen LogP contribution in [0.25, 0.3) is 5.69 Å². The van der Waals surface area contributed by atoms with Gasteiger partial charge in [0, 0.05) is 24.3 Å². The Kier molecular flexibility index (Phi) is 5.60. The van der Waals surface area contributed by atoms with Gasteiger partial charge in [0.15, 0.2) is 17.7 Å². The summed E-state index contributed by atoms with van der Waals surface area (Å²) in [6, 6.07) is 10.9. The Labute approximate surface area is 178 Å². The molecule has 1 aromatic carbocycles. The number of pyridine rings is 1. The number of methoxy groups -OCH3 is 1. The molecule has 0 spiro atoms. The molecule has 0 bridgehead atoms. The fourth-order valence-electron chi connectivity index (χ4n) is 3.64. The van der Waals surface area contributed by atoms with Crippen LogP contribution in [0.4, 0.5) is 0 Å². The molecule has 0 amide bonds. The standard InChI is InChI=1S/C21H21N7O3/c1-14-7-9-21(12-24-14,31-20-18(30-2)15(11-22)8-10-23-20)19(29)16-5-3-4-6-17(16)28-26-13-25-27-28/h3-6,8,10,13-14,24H,7,9,12H2,1-2H3/t14-,21-/m1/s1. The highest BCUT2D eigenvalue weighted by atomic mass is 16.5. The van der Waals surface area contributed by atoms with Crippen LogP contribution in [0.15, 0.2) is 42.9 Å². The second kappa shape index (κ2) is 8.49. The van der Waals surface area contributed by atoms with Crippen molar-refractivity contribution in [2.24, 2.45) is 0 Å². The van der Waals surface area contributed by atoms with Crippen LogP contribution >= 0.6 is 0 Å². The molecule has 10 nitrogen and oxygen atoms in total. The highest BCUT2D eigenvalue weighted by molar-refractivity contribution is 6.05. The van der Waals surface area contributed by atoms with E-state index < -0.39 is 5.60 Å². The number of piperidine rings is 1. The number of ether oxygens (including phenoxy) is 2. The molecule has 1 aliphatic rings. The zero-order valence-corrected chi connectivity index (χ0v) is 17.1. The van der Waals surface area contributed by atoms with Crippen molar-refractivity contribution in [2.75, 3.05) is 13.7 Å². The maximum Gasteiger partial charge on any atom is 0.259 e. The largest absolute Gasteiger partial charge is 0.490 e. The number of hydrogen-bond acceptors (Lipinski definition) is 9. The van der Waals surface area contributed by atoms with Crippen molar-refractivity contribution in [3.8, 4) is 23.4 Å². The molecule has 2 aromatic heterocycles. The third-order valence-corrected chi connectivity index (χ3v) is 5.33. The van der Waals surface area contributed by atoms with Crippen molar-refractivity contribution < 1.29 is 14.3 Å². The molecule has 31 heavy (non-hydrogen) atoms. The molecule has 2 atom stereocenters. The van der Waals surface area contributed by atoms with E-state index in [0.29, 0.717) is 17.7 Å². The minimum absolute atomic E-state index is 0.0996. The van der Waals surface area contributed by atoms with Crippen molar-refractivity contribution in [3.05, 3.63) is 54.0 Å². The van der Waals surface area contributed by atoms with Gasteiger partial charge in [-0.1, -0.05) is 12.1 Å². The molecular weight excluding hydrogens is 398 g/mol. The van der Waals surface area contributed by atoms with E-state index in [0.717, 1.165) is 6.42 Å². The highest BCUT2D eigenvalue weighted by Gasteiger charge is 2.45. The summed E-state index contributed by atoms with van der Waals surface area (Å²) >= 11 is 0. The summed E-state index contributed by atoms with van der Waals surface area (Å²) in [5.41, 5.74) is -0.0821. The van der Waals surface area contributed by atoms with Crippen LogP contribution in [0.3, 0.4) is 0 Å². The number of tetrazole rings is 1. The van der Waals surface area contributed by atoms with E-state index in [4.69, 9.17) is 9.47 Å². The lowest BCUT2D eigenvalue weighted by Gasteiger charge is -2.39. The molecule has 1 fully saturated rings. The fourth-order valence-corrected chi connectivity index (χ4v) is 3.64. The number of hydrogen-bond donors (Lipinski definition) is 1. The Morgan fingerprint density at radius 1 is 1.35 bits per heavy atom. The van der Waals surface area contributed by atoms with Gasteiger partial charge in [-0.25, -0.2) is 4.98 Å². The summed E-state index contributed by atoms with van der Waals surface area (Å²) in [6.45, 7) is 2.32. The molecule has 3 aromatic rings. The summed E-state index contributed by atoms with van der Waals surface area (Å²) in [6.07, 6.45) is 3.94. The molecule has 4 rings (SSSR count). The monoisotopic (exact) mass is 419 g/mol. The summed E-state index contributed by atoms with van der Waals surface area (Å²) in [4.78, 5) is 19.5. The van der Waals surface area contributed by atoms with Crippen LogP contribution in [0.2, 0.25) is 0 Å². The van der Waals surface area contributed by atoms with Crippen molar-refractivity contribution in [1.82, 2.24) is 30.5 Å². The maximum atomic E-state index is 13.9. The fraction of sp³-hybridized carbons (Fsp3) is 0.333. The van der Waals surface area contributed by atoms with E-state index in [-0.39, 0.29) is 35.6 Å². The van der Waals surface area contributed by atoms with Gasteiger partial charge in [-0.05, 0) is 43.2 Å². The molecule has 0 unspecified atom stereocenters. The molecular formula is C21H21N7O3. The van der Waals surface area contributed by atoms with Crippen LogP contribution in [-0.4, -0.2) is 56.3 Å². The number of ketones is 1. The molecule has 3 heterocycles. The van der Waals surface area contributed by atoms with Gasteiger partial charge in [0.25, 0.3) is 5.88 Å². The van der Waals surface area contributed by atoms with Crippen LogP contribution in [0.5, 0.6) is 11.6 Å². The van der Waals surface area contributed by atoms with E-state index >= 15 is 0 Å². The number of benzene rings is 1. The van der Waals surface area contributed by atoms with Gasteiger partial charge in [-0.15, -0.1) is 15.0 Å². The number of nitrogens with zero attached hydrogens (tertiary/aromatic N) is 6. The number of Topliss-reactive ketones (excluding diaryl/α,β-unsaturated/α-hetero) is 1. The molecule has 1 aliphatic heterocycles. The molecule has 0 radical (unpaired) electrons. The normalized spacial score (nSPS) is 20.6. The van der Waals surface area contributed by atoms with Crippen molar-refractivity contribution >= 4 is 5.78 Å². The third kappa shape index (κ3) is 3.83. The van der Waals surface area contributed by atoms with E-state index in [1.165, 1.54) is 30.5 Å². The Hall–Kier alpha value is -3.84. The Balaban J connectivity index is 1.79. The first kappa shape index (κ1) is 20.4. The quantitative estimate of drug-likeness (QED) is 0.594. The van der Waals surface area contributed by atoms with Crippen molar-refractivity contribution in [1.29, 1.82) is 5.26 Å². The number of aromatic nitrogens is 5. The van der Waals surface area contributed by atoms with Gasteiger partial charge in [-0.3, -0.25) is 4.79 Å². The van der Waals surface area contributed by atoms with Crippen molar-refractivity contribution in [3.63, 3.8) is 0 Å². The van der Waals surface area contributed by atoms with Gasteiger partial charge >= 0.3 is 0 Å². The first-order valence-corrected chi connectivity index (χ1v) is 9.80. The summed E-state index contributed by atoms with van der Waals surface area (Å²) in [5, 5.41) is 24.4. The number of nitriles is 1. The lowest BCUT2D eigenvalue weighted by atomic mass is 9.83. The Morgan fingerprint density at radius 2 is 2.19 bits per heavy atom. The van der Waals surface area contributed by atoms with Gasteiger partial charge < -0.3 is 14.8 Å². The summed E-state index contributed by atoms with van der Waals surface area (Å²) in [7, 11) is 1.44. The second-order valence-electron chi connectivity index (χ2n) is 7.30. The maximum absolute atomic E-state index is 13.9. The second-order valence-corrected chi connectivity index (χ2v) is 7.30. The third-order valence-electron chi connectivity index (χ3n) is 5.33. The van der Waals surface area contributed by atoms with E-state index in [1.807, 2.05) is 0 Å². The SMILES string of the molecule is COc1c(C#N)ccnc1O[C@]1(C(=O)c2ccccc2-n2ncnn2)CC[C@@H](C)NC1. The minimum atomic E-state index is -1.25. The molecule has 1 N–H and O–H groups in total. The van der Waals surface area contributed by atoms with Crippen LogP contribution in [0, 0.1) is 11.3 Å². The molecule has 10 heteroatoms. The van der Waals surface area contributed by atoms with Crippen molar-refractivity contribution in [2.45, 2.75) is 31.4 Å². The van der Waals surface area contributed by atoms with E-state index in [2.05, 4.69) is 38.7 Å². The molecule has 0 aliphatic carbocycles. The smallest absolute Gasteiger partial charge is 0.259 e. The number of carbonyl (C=O) groups excluding carboxylic acids is 1. The predicted octanol–water partition coefficient (Wildman–Crippen LogP) is 1.71. The van der Waals surface area contributed by atoms with E-state index in [1.54, 1.807) is 24.3 Å². The first-order valence-electron chi connectivity index (χ1n) is 9.80. The topological polar surface area (TPSA) is 128 Å². The summed E-state index contributed by atoms with van der Waals surface area (Å²) < 4.78 is 11.6. The molecule has 0 saturated carbocycles. The van der Waals surface area contributed by atoms with Crippen LogP contribution in [-0.2, 0) is 0 Å². The van der Waals surface area contributed by atoms with Crippen LogP contribution < -0.4 is 14.8 Å². The van der Waals surface area contributed by atoms with Gasteiger partial charge in [0.05, 0.1) is 12.8 Å². The Morgan fingerprint density at radius 3 is 2.87 bits per heavy atom. The lowest BCUT2D eigenvalue weighted by molar-refractivity contribution is 0.0250. The van der Waals surface area contributed by atoms with Gasteiger partial charge in [0.1, 0.15) is 11.6 Å². The number of para-hydroxylation sites is 1. The van der Waals surface area contributed by atoms with Crippen LogP contribution in [0.1, 0.15) is 35.7 Å². The zero-order chi connectivity index (χ0) is 21.8. The average Bonchev–Trinajstić information content (AvgIpc) is 3.35. The first-order chi connectivity index (χ1) is 15.1. The predicted molar refractivity (Wildman–Crippen MR) is 109 cm³/mol. The van der Waals surface area contributed by atoms with Gasteiger partial charge in [-0.2, -0.15) is 5.26 Å². The van der Waals surface area contributed by atoms with E-state index in [9.17, 15) is 10.1 Å². The lowest BCUT2D eigenvalue weighted by Crippen LogP contribution is -2.58. The number of carbonyl (C=O) groups is 1. The molecule has 158 valence electrons. The molecule has 1 saturated heterocycles. The highest BCUT2D eigenvalue weighted by Crippen LogP contribution is 2.36. The minimum Gasteiger partial charge on any atom is -0.490 e. The number of nitrogens with one attached hydrogen (secondary N) is 1. The average molecular weight is 419 g/mol. The number of rotatable bonds is 6. The Bertz CT molecular complexity index is 1120.